The molecule has 0 unspecified atom stereocenters. The van der Waals surface area contributed by atoms with E-state index < -0.39 is 0 Å². The van der Waals surface area contributed by atoms with Crippen LogP contribution < -0.4 is 0 Å². The summed E-state index contributed by atoms with van der Waals surface area (Å²) >= 11 is 10.5. The van der Waals surface area contributed by atoms with Crippen molar-refractivity contribution in [1.29, 1.82) is 0 Å². The van der Waals surface area contributed by atoms with Crippen molar-refractivity contribution in [2.24, 2.45) is 0 Å². The van der Waals surface area contributed by atoms with Gasteiger partial charge in [-0.3, -0.25) is 0 Å². The average molecular weight is 594 g/mol. The summed E-state index contributed by atoms with van der Waals surface area (Å²) in [6, 6.07) is 0. The van der Waals surface area contributed by atoms with Gasteiger partial charge in [-0.15, -0.1) is 0 Å². The summed E-state index contributed by atoms with van der Waals surface area (Å²) in [6.07, 6.45) is 4.60. The Morgan fingerprint density at radius 2 is 1.35 bits per heavy atom. The first-order valence-corrected chi connectivity index (χ1v) is 16.0. The van der Waals surface area contributed by atoms with Crippen molar-refractivity contribution < 1.29 is 0 Å². The van der Waals surface area contributed by atoms with E-state index in [2.05, 4.69) is 56.4 Å². The van der Waals surface area contributed by atoms with Gasteiger partial charge in [0, 0.05) is 0 Å². The minimum atomic E-state index is 0.666. The van der Waals surface area contributed by atoms with Gasteiger partial charge in [0.2, 0.25) is 0 Å². The molecule has 0 bridgehead atoms. The molecule has 0 amide bonds. The second kappa shape index (κ2) is 7.21. The topological polar surface area (TPSA) is 0 Å². The zero-order valence-corrected chi connectivity index (χ0v) is 19.8. The summed E-state index contributed by atoms with van der Waals surface area (Å²) in [7, 11) is 0. The third-order valence-electron chi connectivity index (χ3n) is 2.28. The number of rotatable bonds is 1. The van der Waals surface area contributed by atoms with E-state index in [1.807, 2.05) is 30.3 Å². The average Bonchev–Trinajstić information content (AvgIpc) is 3.19. The molecule has 8 heteroatoms. The van der Waals surface area contributed by atoms with Gasteiger partial charge >= 0.3 is 163 Å². The molecule has 4 rings (SSSR count). The molecule has 20 heavy (non-hydrogen) atoms. The maximum absolute atomic E-state index is 2.42. The van der Waals surface area contributed by atoms with E-state index in [-0.39, 0.29) is 0 Å². The molecule has 0 aromatic rings. The molecule has 0 aliphatic carbocycles. The maximum atomic E-state index is 2.42. The summed E-state index contributed by atoms with van der Waals surface area (Å²) in [5.74, 6) is 0. The van der Waals surface area contributed by atoms with Crippen LogP contribution in [0, 0.1) is 0 Å². The summed E-state index contributed by atoms with van der Waals surface area (Å²) in [4.78, 5) is 4.85. The van der Waals surface area contributed by atoms with Crippen LogP contribution in [0.2, 0.25) is 0 Å². The second-order valence-electron chi connectivity index (χ2n) is 3.55. The predicted molar refractivity (Wildman–Crippen MR) is 102 cm³/mol. The van der Waals surface area contributed by atoms with Gasteiger partial charge in [-0.2, -0.15) is 0 Å². The van der Waals surface area contributed by atoms with Gasteiger partial charge in [0.1, 0.15) is 0 Å². The Kier molecular flexibility index (Phi) is 5.57. The van der Waals surface area contributed by atoms with E-state index in [1.165, 1.54) is 8.47 Å². The zero-order chi connectivity index (χ0) is 13.4. The van der Waals surface area contributed by atoms with Crippen molar-refractivity contribution in [3.8, 4) is 0 Å². The van der Waals surface area contributed by atoms with Gasteiger partial charge in [0.05, 0.1) is 0 Å². The molecule has 0 atom stereocenters. The van der Waals surface area contributed by atoms with Crippen molar-refractivity contribution in [2.75, 3.05) is 0 Å². The van der Waals surface area contributed by atoms with Crippen LogP contribution in [0.5, 0.6) is 0 Å². The molecule has 0 nitrogen and oxygen atoms in total. The molecule has 0 N–H and O–H groups in total. The molecule has 4 aliphatic heterocycles. The molecule has 0 aromatic heterocycles. The Balaban J connectivity index is 1.41. The minimum absolute atomic E-state index is 0.666. The fourth-order valence-electron chi connectivity index (χ4n) is 1.49. The molecule has 0 saturated carbocycles. The predicted octanol–water partition coefficient (Wildman–Crippen LogP) is 3.67. The summed E-state index contributed by atoms with van der Waals surface area (Å²) in [5.41, 5.74) is 0. The molecular weight excluding hydrogens is 588 g/mol. The van der Waals surface area contributed by atoms with Gasteiger partial charge in [-0.25, -0.2) is 0 Å². The molecular formula is C12H6S4Se4. The van der Waals surface area contributed by atoms with E-state index in [0.717, 1.165) is 0 Å². The number of hydrogen-bond donors (Lipinski definition) is 0. The van der Waals surface area contributed by atoms with Crippen LogP contribution in [0.25, 0.3) is 0 Å². The molecule has 0 aromatic carbocycles. The zero-order valence-electron chi connectivity index (χ0n) is 9.73. The van der Waals surface area contributed by atoms with E-state index in [1.54, 1.807) is 7.61 Å². The van der Waals surface area contributed by atoms with Crippen molar-refractivity contribution in [3.05, 3.63) is 55.7 Å². The van der Waals surface area contributed by atoms with E-state index >= 15 is 0 Å². The van der Waals surface area contributed by atoms with Crippen LogP contribution in [-0.2, 0) is 0 Å². The van der Waals surface area contributed by atoms with Crippen LogP contribution in [0.4, 0.5) is 0 Å². The SMILES string of the molecule is C1=CSC(=CC=C2SC3=C(S2)[Se]C(=C2[Se]C=C[Se]2)[Se]3)S1. The van der Waals surface area contributed by atoms with Gasteiger partial charge in [-0.05, 0) is 0 Å². The Bertz CT molecular complexity index is 600. The van der Waals surface area contributed by atoms with Crippen molar-refractivity contribution >= 4 is 107 Å². The van der Waals surface area contributed by atoms with Crippen LogP contribution in [0.1, 0.15) is 0 Å². The Morgan fingerprint density at radius 3 is 2.00 bits per heavy atom. The quantitative estimate of drug-likeness (QED) is 0.426. The van der Waals surface area contributed by atoms with Crippen LogP contribution in [-0.4, -0.2) is 59.8 Å². The number of allylic oxidation sites excluding steroid dienone is 2. The molecule has 0 fully saturated rings. The van der Waals surface area contributed by atoms with Crippen LogP contribution in [0.15, 0.2) is 55.7 Å². The van der Waals surface area contributed by atoms with Crippen LogP contribution in [0.3, 0.4) is 0 Å². The normalized spacial score (nSPS) is 24.4. The van der Waals surface area contributed by atoms with Crippen molar-refractivity contribution in [3.63, 3.8) is 0 Å². The first kappa shape index (κ1) is 15.4. The van der Waals surface area contributed by atoms with E-state index in [4.69, 9.17) is 0 Å². The third-order valence-corrected chi connectivity index (χ3v) is 23.1. The summed E-state index contributed by atoms with van der Waals surface area (Å²) in [5, 5.41) is 4.32. The monoisotopic (exact) mass is 598 g/mol. The first-order chi connectivity index (χ1) is 9.88. The Labute approximate surface area is 160 Å². The fraction of sp³-hybridized carbons (Fsp3) is 0. The summed E-state index contributed by atoms with van der Waals surface area (Å²) in [6.45, 7) is 0. The van der Waals surface area contributed by atoms with Gasteiger partial charge in [0.15, 0.2) is 0 Å². The standard InChI is InChI=1S/C12H6S4Se4/c1(7-13-3-4-14-7)2-8-15-9-10(16-8)20-12(19-9)11-17-5-6-18-11/h1-6H. The van der Waals surface area contributed by atoms with Crippen LogP contribution >= 0.6 is 47.0 Å². The molecule has 102 valence electrons. The molecule has 0 radical (unpaired) electrons. The van der Waals surface area contributed by atoms with Crippen molar-refractivity contribution in [1.82, 2.24) is 0 Å². The second-order valence-corrected chi connectivity index (χ2v) is 20.0. The number of thioether (sulfide) groups is 4. The molecule has 4 aliphatic rings. The third kappa shape index (κ3) is 3.53. The van der Waals surface area contributed by atoms with Crippen molar-refractivity contribution in [2.45, 2.75) is 0 Å². The van der Waals surface area contributed by atoms with Gasteiger partial charge in [-0.1, -0.05) is 0 Å². The molecule has 0 saturated heterocycles. The first-order valence-electron chi connectivity index (χ1n) is 5.47. The van der Waals surface area contributed by atoms with E-state index in [9.17, 15) is 0 Å². The Morgan fingerprint density at radius 1 is 0.750 bits per heavy atom. The number of hydrogen-bond acceptors (Lipinski definition) is 4. The molecule has 4 heterocycles. The summed E-state index contributed by atoms with van der Waals surface area (Å²) < 4.78 is 10.1. The van der Waals surface area contributed by atoms with E-state index in [0.29, 0.717) is 59.8 Å². The van der Waals surface area contributed by atoms with Gasteiger partial charge in [0.25, 0.3) is 0 Å². The Hall–Kier alpha value is 1.92. The van der Waals surface area contributed by atoms with Gasteiger partial charge < -0.3 is 0 Å². The molecule has 0 spiro atoms. The fourth-order valence-corrected chi connectivity index (χ4v) is 23.2.